The van der Waals surface area contributed by atoms with Gasteiger partial charge in [-0.2, -0.15) is 0 Å². The van der Waals surface area contributed by atoms with E-state index >= 15 is 0 Å². The van der Waals surface area contributed by atoms with Crippen LogP contribution in [0.5, 0.6) is 11.5 Å². The lowest BCUT2D eigenvalue weighted by molar-refractivity contribution is -0.123. The molecule has 1 aliphatic heterocycles. The molecule has 0 spiro atoms. The molecule has 1 aliphatic rings. The number of carbonyl (C=O) groups excluding carboxylic acids is 1. The van der Waals surface area contributed by atoms with Gasteiger partial charge in [0.15, 0.2) is 11.5 Å². The van der Waals surface area contributed by atoms with Crippen molar-refractivity contribution >= 4 is 17.8 Å². The molecule has 0 aliphatic carbocycles. The van der Waals surface area contributed by atoms with E-state index in [4.69, 9.17) is 14.5 Å². The van der Waals surface area contributed by atoms with Gasteiger partial charge in [0.2, 0.25) is 0 Å². The maximum absolute atomic E-state index is 13.5. The number of hydrogen-bond donors (Lipinski definition) is 0. The standard InChI is InChI=1S/C28H28N2O3/c1-4-32-25-16-15-22(18-26(25)33-5-2)17-24-28(31)30(19-21-12-7-6-8-13-21)27(29-24)23-14-10-9-11-20(23)3/h6-18H,4-5,19H2,1-3H3/b24-17-. The predicted molar refractivity (Wildman–Crippen MR) is 131 cm³/mol. The molecule has 0 fully saturated rings. The van der Waals surface area contributed by atoms with Crippen LogP contribution >= 0.6 is 0 Å². The highest BCUT2D eigenvalue weighted by Crippen LogP contribution is 2.31. The molecule has 0 N–H and O–H groups in total. The molecule has 5 heteroatoms. The van der Waals surface area contributed by atoms with E-state index in [9.17, 15) is 4.79 Å². The molecule has 0 saturated heterocycles. The number of nitrogens with zero attached hydrogens (tertiary/aromatic N) is 2. The minimum absolute atomic E-state index is 0.121. The third kappa shape index (κ3) is 4.98. The molecule has 3 aromatic carbocycles. The topological polar surface area (TPSA) is 51.1 Å². The van der Waals surface area contributed by atoms with Crippen LogP contribution in [0.3, 0.4) is 0 Å². The molecule has 0 unspecified atom stereocenters. The van der Waals surface area contributed by atoms with E-state index in [1.807, 2.05) is 99.6 Å². The Balaban J connectivity index is 1.74. The zero-order valence-electron chi connectivity index (χ0n) is 19.2. The first-order valence-corrected chi connectivity index (χ1v) is 11.2. The summed E-state index contributed by atoms with van der Waals surface area (Å²) in [6, 6.07) is 23.6. The first kappa shape index (κ1) is 22.3. The summed E-state index contributed by atoms with van der Waals surface area (Å²) in [6.45, 7) is 7.44. The van der Waals surface area contributed by atoms with Crippen molar-refractivity contribution in [2.45, 2.75) is 27.3 Å². The first-order chi connectivity index (χ1) is 16.1. The molecule has 33 heavy (non-hydrogen) atoms. The van der Waals surface area contributed by atoms with Gasteiger partial charge in [0.05, 0.1) is 19.8 Å². The lowest BCUT2D eigenvalue weighted by atomic mass is 10.1. The quantitative estimate of drug-likeness (QED) is 0.427. The van der Waals surface area contributed by atoms with Crippen molar-refractivity contribution in [1.29, 1.82) is 0 Å². The number of amidine groups is 1. The molecule has 3 aromatic rings. The number of rotatable bonds is 8. The van der Waals surface area contributed by atoms with Crippen LogP contribution in [0.15, 0.2) is 83.5 Å². The maximum Gasteiger partial charge on any atom is 0.278 e. The lowest BCUT2D eigenvalue weighted by Crippen LogP contribution is -2.32. The smallest absolute Gasteiger partial charge is 0.278 e. The number of aryl methyl sites for hydroxylation is 1. The Kier molecular flexibility index (Phi) is 6.89. The molecule has 0 atom stereocenters. The van der Waals surface area contributed by atoms with Crippen molar-refractivity contribution in [3.8, 4) is 11.5 Å². The van der Waals surface area contributed by atoms with Crippen LogP contribution in [0.4, 0.5) is 0 Å². The first-order valence-electron chi connectivity index (χ1n) is 11.2. The molecule has 0 aromatic heterocycles. The van der Waals surface area contributed by atoms with E-state index in [1.165, 1.54) is 0 Å². The van der Waals surface area contributed by atoms with Crippen molar-refractivity contribution in [3.05, 3.63) is 101 Å². The Morgan fingerprint density at radius 1 is 0.879 bits per heavy atom. The van der Waals surface area contributed by atoms with Gasteiger partial charge in [0.25, 0.3) is 5.91 Å². The van der Waals surface area contributed by atoms with Crippen molar-refractivity contribution in [3.63, 3.8) is 0 Å². The van der Waals surface area contributed by atoms with E-state index in [0.29, 0.717) is 42.8 Å². The number of aliphatic imine (C=N–C) groups is 1. The molecule has 1 heterocycles. The number of benzene rings is 3. The molecule has 1 amide bonds. The van der Waals surface area contributed by atoms with Gasteiger partial charge in [-0.3, -0.25) is 9.69 Å². The number of ether oxygens (including phenoxy) is 2. The third-order valence-electron chi connectivity index (χ3n) is 5.39. The van der Waals surface area contributed by atoms with Crippen molar-refractivity contribution in [2.75, 3.05) is 13.2 Å². The highest BCUT2D eigenvalue weighted by Gasteiger charge is 2.31. The van der Waals surface area contributed by atoms with Crippen LogP contribution in [0.2, 0.25) is 0 Å². The van der Waals surface area contributed by atoms with Crippen LogP contribution in [-0.2, 0) is 11.3 Å². The van der Waals surface area contributed by atoms with Crippen LogP contribution in [-0.4, -0.2) is 29.9 Å². The Morgan fingerprint density at radius 2 is 1.58 bits per heavy atom. The Labute approximate surface area is 195 Å². The van der Waals surface area contributed by atoms with Crippen molar-refractivity contribution < 1.29 is 14.3 Å². The largest absolute Gasteiger partial charge is 0.490 e. The zero-order valence-corrected chi connectivity index (χ0v) is 19.2. The molecular weight excluding hydrogens is 412 g/mol. The van der Waals surface area contributed by atoms with Gasteiger partial charge in [0.1, 0.15) is 11.5 Å². The Bertz CT molecular complexity index is 1200. The minimum Gasteiger partial charge on any atom is -0.490 e. The minimum atomic E-state index is -0.121. The van der Waals surface area contributed by atoms with Gasteiger partial charge in [-0.25, -0.2) is 4.99 Å². The summed E-state index contributed by atoms with van der Waals surface area (Å²) in [5, 5.41) is 0. The average molecular weight is 441 g/mol. The average Bonchev–Trinajstić information content (AvgIpc) is 3.12. The monoisotopic (exact) mass is 440 g/mol. The third-order valence-corrected chi connectivity index (χ3v) is 5.39. The van der Waals surface area contributed by atoms with Gasteiger partial charge in [-0.1, -0.05) is 60.7 Å². The lowest BCUT2D eigenvalue weighted by Gasteiger charge is -2.19. The SMILES string of the molecule is CCOc1ccc(/C=C2\N=C(c3ccccc3C)N(Cc3ccccc3)C2=O)cc1OCC. The summed E-state index contributed by atoms with van der Waals surface area (Å²) in [4.78, 5) is 20.0. The Morgan fingerprint density at radius 3 is 2.30 bits per heavy atom. The second-order valence-electron chi connectivity index (χ2n) is 7.73. The van der Waals surface area contributed by atoms with Gasteiger partial charge in [-0.15, -0.1) is 0 Å². The van der Waals surface area contributed by atoms with Gasteiger partial charge >= 0.3 is 0 Å². The molecule has 5 nitrogen and oxygen atoms in total. The Hall–Kier alpha value is -3.86. The number of carbonyl (C=O) groups is 1. The predicted octanol–water partition coefficient (Wildman–Crippen LogP) is 5.62. The fraction of sp³-hybridized carbons (Fsp3) is 0.214. The fourth-order valence-corrected chi connectivity index (χ4v) is 3.81. The van der Waals surface area contributed by atoms with E-state index in [-0.39, 0.29) is 5.91 Å². The van der Waals surface area contributed by atoms with Crippen molar-refractivity contribution in [1.82, 2.24) is 4.90 Å². The summed E-state index contributed by atoms with van der Waals surface area (Å²) in [6.07, 6.45) is 1.81. The molecule has 4 rings (SSSR count). The van der Waals surface area contributed by atoms with E-state index in [1.54, 1.807) is 4.90 Å². The second kappa shape index (κ2) is 10.2. The highest BCUT2D eigenvalue weighted by atomic mass is 16.5. The van der Waals surface area contributed by atoms with Gasteiger partial charge in [0, 0.05) is 5.56 Å². The summed E-state index contributed by atoms with van der Waals surface area (Å²) >= 11 is 0. The number of amides is 1. The van der Waals surface area contributed by atoms with E-state index in [2.05, 4.69) is 0 Å². The fourth-order valence-electron chi connectivity index (χ4n) is 3.81. The van der Waals surface area contributed by atoms with Gasteiger partial charge < -0.3 is 9.47 Å². The second-order valence-corrected chi connectivity index (χ2v) is 7.73. The summed E-state index contributed by atoms with van der Waals surface area (Å²) in [7, 11) is 0. The highest BCUT2D eigenvalue weighted by molar-refractivity contribution is 6.20. The van der Waals surface area contributed by atoms with Crippen LogP contribution < -0.4 is 9.47 Å². The molecule has 0 bridgehead atoms. The van der Waals surface area contributed by atoms with E-state index in [0.717, 1.165) is 22.3 Å². The van der Waals surface area contributed by atoms with Crippen LogP contribution in [0, 0.1) is 6.92 Å². The van der Waals surface area contributed by atoms with Crippen LogP contribution in [0.1, 0.15) is 36.1 Å². The molecule has 168 valence electrons. The summed E-state index contributed by atoms with van der Waals surface area (Å²) < 4.78 is 11.4. The number of hydrogen-bond acceptors (Lipinski definition) is 4. The molecular formula is C28H28N2O3. The van der Waals surface area contributed by atoms with Crippen molar-refractivity contribution in [2.24, 2.45) is 4.99 Å². The zero-order chi connectivity index (χ0) is 23.2. The summed E-state index contributed by atoms with van der Waals surface area (Å²) in [5.41, 5.74) is 4.30. The summed E-state index contributed by atoms with van der Waals surface area (Å²) in [5.74, 6) is 1.89. The molecule has 0 saturated carbocycles. The normalized spacial score (nSPS) is 14.5. The van der Waals surface area contributed by atoms with E-state index < -0.39 is 0 Å². The van der Waals surface area contributed by atoms with Crippen LogP contribution in [0.25, 0.3) is 6.08 Å². The van der Waals surface area contributed by atoms with Gasteiger partial charge in [-0.05, 0) is 55.7 Å². The molecule has 0 radical (unpaired) electrons. The maximum atomic E-state index is 13.5.